The predicted molar refractivity (Wildman–Crippen MR) is 67.2 cm³/mol. The van der Waals surface area contributed by atoms with Gasteiger partial charge in [-0.2, -0.15) is 18.2 Å². The average molecular weight is 274 g/mol. The highest BCUT2D eigenvalue weighted by Gasteiger charge is 2.37. The lowest BCUT2D eigenvalue weighted by atomic mass is 10.0. The maximum Gasteiger partial charge on any atom is 0.433 e. The summed E-state index contributed by atoms with van der Waals surface area (Å²) in [6, 6.07) is 1.02. The molecule has 1 saturated heterocycles. The zero-order chi connectivity index (χ0) is 14.3. The molecular formula is C12H17F3N4. The molecule has 0 saturated carbocycles. The van der Waals surface area contributed by atoms with Crippen molar-refractivity contribution in [1.82, 2.24) is 9.97 Å². The van der Waals surface area contributed by atoms with Gasteiger partial charge in [-0.05, 0) is 26.7 Å². The van der Waals surface area contributed by atoms with Gasteiger partial charge in [0, 0.05) is 25.2 Å². The first-order valence-corrected chi connectivity index (χ1v) is 6.16. The Morgan fingerprint density at radius 1 is 1.32 bits per heavy atom. The van der Waals surface area contributed by atoms with E-state index < -0.39 is 11.9 Å². The highest BCUT2D eigenvalue weighted by Crippen LogP contribution is 2.36. The molecule has 4 nitrogen and oxygen atoms in total. The Bertz CT molecular complexity index is 471. The van der Waals surface area contributed by atoms with Crippen molar-refractivity contribution in [1.29, 1.82) is 0 Å². The SMILES string of the molecule is CNc1nc(N2CCCC2(C)C)cc(C(F)(F)F)n1. The number of alkyl halides is 3. The number of anilines is 2. The van der Waals surface area contributed by atoms with Crippen LogP contribution in [-0.4, -0.2) is 29.1 Å². The molecule has 1 aliphatic rings. The molecule has 0 radical (unpaired) electrons. The van der Waals surface area contributed by atoms with Crippen molar-refractivity contribution < 1.29 is 13.2 Å². The summed E-state index contributed by atoms with van der Waals surface area (Å²) in [6.07, 6.45) is -2.58. The van der Waals surface area contributed by atoms with E-state index in [1.165, 1.54) is 7.05 Å². The maximum absolute atomic E-state index is 12.8. The van der Waals surface area contributed by atoms with Gasteiger partial charge in [-0.25, -0.2) is 4.98 Å². The van der Waals surface area contributed by atoms with Crippen LogP contribution >= 0.6 is 0 Å². The lowest BCUT2D eigenvalue weighted by molar-refractivity contribution is -0.141. The van der Waals surface area contributed by atoms with E-state index in [0.29, 0.717) is 12.4 Å². The van der Waals surface area contributed by atoms with Crippen LogP contribution in [0.15, 0.2) is 6.07 Å². The number of hydrogen-bond donors (Lipinski definition) is 1. The van der Waals surface area contributed by atoms with E-state index in [2.05, 4.69) is 15.3 Å². The van der Waals surface area contributed by atoms with Crippen LogP contribution in [0.2, 0.25) is 0 Å². The highest BCUT2D eigenvalue weighted by atomic mass is 19.4. The van der Waals surface area contributed by atoms with Gasteiger partial charge in [0.15, 0.2) is 5.69 Å². The topological polar surface area (TPSA) is 41.1 Å². The summed E-state index contributed by atoms with van der Waals surface area (Å²) in [5.41, 5.74) is -1.09. The molecule has 1 N–H and O–H groups in total. The third-order valence-corrected chi connectivity index (χ3v) is 3.40. The fourth-order valence-corrected chi connectivity index (χ4v) is 2.36. The van der Waals surface area contributed by atoms with Gasteiger partial charge in [-0.1, -0.05) is 0 Å². The van der Waals surface area contributed by atoms with E-state index in [-0.39, 0.29) is 11.5 Å². The van der Waals surface area contributed by atoms with Crippen molar-refractivity contribution in [2.24, 2.45) is 0 Å². The van der Waals surface area contributed by atoms with Gasteiger partial charge in [-0.15, -0.1) is 0 Å². The van der Waals surface area contributed by atoms with Crippen LogP contribution in [0.5, 0.6) is 0 Å². The Kier molecular flexibility index (Phi) is 3.32. The van der Waals surface area contributed by atoms with Crippen molar-refractivity contribution in [3.05, 3.63) is 11.8 Å². The second-order valence-corrected chi connectivity index (χ2v) is 5.25. The van der Waals surface area contributed by atoms with Crippen LogP contribution < -0.4 is 10.2 Å². The Morgan fingerprint density at radius 2 is 2.00 bits per heavy atom. The average Bonchev–Trinajstić information content (AvgIpc) is 2.67. The summed E-state index contributed by atoms with van der Waals surface area (Å²) in [5, 5.41) is 2.58. The van der Waals surface area contributed by atoms with Crippen LogP contribution in [-0.2, 0) is 6.18 Å². The predicted octanol–water partition coefficient (Wildman–Crippen LogP) is 2.92. The van der Waals surface area contributed by atoms with Gasteiger partial charge in [0.25, 0.3) is 0 Å². The van der Waals surface area contributed by atoms with E-state index in [1.807, 2.05) is 18.7 Å². The van der Waals surface area contributed by atoms with Crippen molar-refractivity contribution in [2.45, 2.75) is 38.4 Å². The van der Waals surface area contributed by atoms with Crippen LogP contribution in [0, 0.1) is 0 Å². The molecule has 1 aromatic rings. The van der Waals surface area contributed by atoms with E-state index >= 15 is 0 Å². The molecule has 0 aromatic carbocycles. The van der Waals surface area contributed by atoms with Gasteiger partial charge >= 0.3 is 6.18 Å². The minimum absolute atomic E-state index is 0.00692. The molecule has 19 heavy (non-hydrogen) atoms. The smallest absolute Gasteiger partial charge is 0.357 e. The second kappa shape index (κ2) is 4.54. The van der Waals surface area contributed by atoms with Crippen molar-refractivity contribution in [2.75, 3.05) is 23.8 Å². The molecule has 1 aromatic heterocycles. The first kappa shape index (κ1) is 13.9. The number of hydrogen-bond acceptors (Lipinski definition) is 4. The summed E-state index contributed by atoms with van der Waals surface area (Å²) >= 11 is 0. The molecule has 1 fully saturated rings. The second-order valence-electron chi connectivity index (χ2n) is 5.25. The fraction of sp³-hybridized carbons (Fsp3) is 0.667. The van der Waals surface area contributed by atoms with Crippen LogP contribution in [0.3, 0.4) is 0 Å². The van der Waals surface area contributed by atoms with Crippen LogP contribution in [0.4, 0.5) is 24.9 Å². The summed E-state index contributed by atoms with van der Waals surface area (Å²) in [5.74, 6) is 0.321. The Hall–Kier alpha value is -1.53. The number of aromatic nitrogens is 2. The molecule has 1 aliphatic heterocycles. The largest absolute Gasteiger partial charge is 0.433 e. The van der Waals surface area contributed by atoms with E-state index in [9.17, 15) is 13.2 Å². The quantitative estimate of drug-likeness (QED) is 0.900. The standard InChI is InChI=1S/C12H17F3N4/c1-11(2)5-4-6-19(11)9-7-8(12(13,14)15)17-10(16-3)18-9/h7H,4-6H2,1-3H3,(H,16,17,18). The summed E-state index contributed by atoms with van der Waals surface area (Å²) in [7, 11) is 1.51. The van der Waals surface area contributed by atoms with Gasteiger partial charge in [0.2, 0.25) is 5.95 Å². The van der Waals surface area contributed by atoms with E-state index in [4.69, 9.17) is 0 Å². The van der Waals surface area contributed by atoms with Crippen molar-refractivity contribution >= 4 is 11.8 Å². The molecule has 0 aliphatic carbocycles. The minimum atomic E-state index is -4.47. The van der Waals surface area contributed by atoms with Crippen LogP contribution in [0.25, 0.3) is 0 Å². The molecular weight excluding hydrogens is 257 g/mol. The molecule has 2 heterocycles. The summed E-state index contributed by atoms with van der Waals surface area (Å²) in [4.78, 5) is 9.52. The fourth-order valence-electron chi connectivity index (χ4n) is 2.36. The molecule has 106 valence electrons. The molecule has 0 atom stereocenters. The molecule has 0 amide bonds. The molecule has 0 unspecified atom stereocenters. The highest BCUT2D eigenvalue weighted by molar-refractivity contribution is 5.48. The van der Waals surface area contributed by atoms with Crippen LogP contribution in [0.1, 0.15) is 32.4 Å². The van der Waals surface area contributed by atoms with Crippen molar-refractivity contribution in [3.63, 3.8) is 0 Å². The monoisotopic (exact) mass is 274 g/mol. The minimum Gasteiger partial charge on any atom is -0.357 e. The lowest BCUT2D eigenvalue weighted by Crippen LogP contribution is -2.39. The first-order chi connectivity index (χ1) is 8.74. The van der Waals surface area contributed by atoms with E-state index in [0.717, 1.165) is 18.9 Å². The zero-order valence-electron chi connectivity index (χ0n) is 11.2. The maximum atomic E-state index is 12.8. The first-order valence-electron chi connectivity index (χ1n) is 6.16. The third kappa shape index (κ3) is 2.74. The van der Waals surface area contributed by atoms with Crippen molar-refractivity contribution in [3.8, 4) is 0 Å². The van der Waals surface area contributed by atoms with Gasteiger partial charge in [-0.3, -0.25) is 0 Å². The molecule has 0 bridgehead atoms. The molecule has 0 spiro atoms. The summed E-state index contributed by atoms with van der Waals surface area (Å²) in [6.45, 7) is 4.73. The zero-order valence-corrected chi connectivity index (χ0v) is 11.2. The Balaban J connectivity index is 2.46. The van der Waals surface area contributed by atoms with E-state index in [1.54, 1.807) is 0 Å². The lowest BCUT2D eigenvalue weighted by Gasteiger charge is -2.33. The number of nitrogens with zero attached hydrogens (tertiary/aromatic N) is 3. The van der Waals surface area contributed by atoms with Gasteiger partial charge in [0.05, 0.1) is 0 Å². The number of halogens is 3. The molecule has 2 rings (SSSR count). The van der Waals surface area contributed by atoms with Gasteiger partial charge < -0.3 is 10.2 Å². The number of nitrogens with one attached hydrogen (secondary N) is 1. The number of rotatable bonds is 2. The van der Waals surface area contributed by atoms with Gasteiger partial charge in [0.1, 0.15) is 5.82 Å². The Morgan fingerprint density at radius 3 is 2.47 bits per heavy atom. The summed E-state index contributed by atoms with van der Waals surface area (Å²) < 4.78 is 38.5. The normalized spacial score (nSPS) is 18.7. The Labute approximate surface area is 110 Å². The molecule has 7 heteroatoms. The third-order valence-electron chi connectivity index (χ3n) is 3.40.